The summed E-state index contributed by atoms with van der Waals surface area (Å²) in [5.74, 6) is -0.369. The van der Waals surface area contributed by atoms with Gasteiger partial charge in [0.1, 0.15) is 5.75 Å². The molecule has 0 spiro atoms. The number of carbonyl (C=O) groups is 1. The Balaban J connectivity index is 1.87. The van der Waals surface area contributed by atoms with Crippen molar-refractivity contribution in [1.29, 1.82) is 0 Å². The first-order valence-corrected chi connectivity index (χ1v) is 7.16. The highest BCUT2D eigenvalue weighted by Gasteiger charge is 2.34. The van der Waals surface area contributed by atoms with Gasteiger partial charge in [-0.1, -0.05) is 12.1 Å². The lowest BCUT2D eigenvalue weighted by atomic mass is 9.90. The first kappa shape index (κ1) is 16.6. The summed E-state index contributed by atoms with van der Waals surface area (Å²) >= 11 is 0. The average Bonchev–Trinajstić information content (AvgIpc) is 2.45. The molecule has 2 N–H and O–H groups in total. The fourth-order valence-corrected chi connectivity index (χ4v) is 2.44. The van der Waals surface area contributed by atoms with Crippen LogP contribution < -0.4 is 15.4 Å². The Bertz CT molecular complexity index is 509. The number of ether oxygens (including phenoxy) is 1. The van der Waals surface area contributed by atoms with Crippen LogP contribution in [0.2, 0.25) is 0 Å². The second kappa shape index (κ2) is 6.56. The molecule has 1 atom stereocenters. The maximum atomic E-state index is 12.2. The zero-order chi connectivity index (χ0) is 16.2. The highest BCUT2D eigenvalue weighted by molar-refractivity contribution is 5.85. The number of benzene rings is 1. The quantitative estimate of drug-likeness (QED) is 0.898. The molecule has 1 saturated heterocycles. The third kappa shape index (κ3) is 4.62. The molecular formula is C15H19F3N2O2. The monoisotopic (exact) mass is 316 g/mol. The van der Waals surface area contributed by atoms with E-state index in [-0.39, 0.29) is 18.2 Å². The number of amides is 1. The van der Waals surface area contributed by atoms with Gasteiger partial charge in [0, 0.05) is 6.54 Å². The van der Waals surface area contributed by atoms with Crippen LogP contribution in [-0.4, -0.2) is 24.4 Å². The van der Waals surface area contributed by atoms with Crippen molar-refractivity contribution >= 4 is 5.91 Å². The fourth-order valence-electron chi connectivity index (χ4n) is 2.44. The van der Waals surface area contributed by atoms with Crippen LogP contribution in [0.25, 0.3) is 0 Å². The normalized spacial score (nSPS) is 22.2. The average molecular weight is 316 g/mol. The lowest BCUT2D eigenvalue weighted by Crippen LogP contribution is -2.56. The zero-order valence-electron chi connectivity index (χ0n) is 12.3. The summed E-state index contributed by atoms with van der Waals surface area (Å²) in [5, 5.41) is 6.02. The minimum Gasteiger partial charge on any atom is -0.406 e. The lowest BCUT2D eigenvalue weighted by molar-refractivity contribution is -0.274. The number of carbonyl (C=O) groups excluding carboxylic acids is 1. The smallest absolute Gasteiger partial charge is 0.406 e. The molecule has 0 saturated carbocycles. The second-order valence-electron chi connectivity index (χ2n) is 5.59. The van der Waals surface area contributed by atoms with Crippen molar-refractivity contribution in [2.75, 3.05) is 6.54 Å². The van der Waals surface area contributed by atoms with E-state index in [0.717, 1.165) is 25.8 Å². The fraction of sp³-hybridized carbons (Fsp3) is 0.533. The van der Waals surface area contributed by atoms with Crippen LogP contribution in [0.15, 0.2) is 24.3 Å². The molecule has 2 rings (SSSR count). The van der Waals surface area contributed by atoms with E-state index >= 15 is 0 Å². The molecular weight excluding hydrogens is 297 g/mol. The minimum atomic E-state index is -4.70. The number of nitrogens with one attached hydrogen (secondary N) is 2. The standard InChI is InChI=1S/C15H19F3N2O2/c1-14(8-2-3-9-20-14)13(21)19-10-11-4-6-12(7-5-11)22-15(16,17)18/h4-7,20H,2-3,8-10H2,1H3,(H,19,21). The molecule has 1 fully saturated rings. The van der Waals surface area contributed by atoms with E-state index in [1.54, 1.807) is 0 Å². The van der Waals surface area contributed by atoms with E-state index in [0.29, 0.717) is 5.56 Å². The summed E-state index contributed by atoms with van der Waals surface area (Å²) in [5.41, 5.74) is 0.139. The van der Waals surface area contributed by atoms with Crippen molar-refractivity contribution in [2.24, 2.45) is 0 Å². The number of alkyl halides is 3. The predicted molar refractivity (Wildman–Crippen MR) is 75.2 cm³/mol. The summed E-state index contributed by atoms with van der Waals surface area (Å²) in [6.45, 7) is 2.94. The molecule has 1 aromatic rings. The topological polar surface area (TPSA) is 50.4 Å². The van der Waals surface area contributed by atoms with Gasteiger partial charge in [0.2, 0.25) is 5.91 Å². The molecule has 0 bridgehead atoms. The number of hydrogen-bond donors (Lipinski definition) is 2. The van der Waals surface area contributed by atoms with Gasteiger partial charge in [0.05, 0.1) is 5.54 Å². The molecule has 4 nitrogen and oxygen atoms in total. The molecule has 0 aromatic heterocycles. The second-order valence-corrected chi connectivity index (χ2v) is 5.59. The Hall–Kier alpha value is -1.76. The van der Waals surface area contributed by atoms with Crippen molar-refractivity contribution in [3.63, 3.8) is 0 Å². The number of piperidine rings is 1. The third-order valence-electron chi connectivity index (χ3n) is 3.73. The highest BCUT2D eigenvalue weighted by Crippen LogP contribution is 2.23. The molecule has 122 valence electrons. The van der Waals surface area contributed by atoms with Crippen molar-refractivity contribution < 1.29 is 22.7 Å². The number of halogens is 3. The first-order chi connectivity index (χ1) is 10.3. The summed E-state index contributed by atoms with van der Waals surface area (Å²) in [7, 11) is 0. The van der Waals surface area contributed by atoms with Gasteiger partial charge >= 0.3 is 6.36 Å². The van der Waals surface area contributed by atoms with Crippen molar-refractivity contribution in [2.45, 2.75) is 44.6 Å². The Morgan fingerprint density at radius 3 is 2.55 bits per heavy atom. The molecule has 22 heavy (non-hydrogen) atoms. The van der Waals surface area contributed by atoms with Crippen molar-refractivity contribution in [3.8, 4) is 5.75 Å². The molecule has 0 radical (unpaired) electrons. The zero-order valence-corrected chi connectivity index (χ0v) is 12.3. The van der Waals surface area contributed by atoms with E-state index in [2.05, 4.69) is 15.4 Å². The van der Waals surface area contributed by atoms with Gasteiger partial charge in [-0.25, -0.2) is 0 Å². The van der Waals surface area contributed by atoms with Crippen LogP contribution in [0, 0.1) is 0 Å². The lowest BCUT2D eigenvalue weighted by Gasteiger charge is -2.33. The van der Waals surface area contributed by atoms with Gasteiger partial charge in [0.15, 0.2) is 0 Å². The summed E-state index contributed by atoms with van der Waals surface area (Å²) < 4.78 is 40.0. The highest BCUT2D eigenvalue weighted by atomic mass is 19.4. The van der Waals surface area contributed by atoms with Crippen LogP contribution in [0.1, 0.15) is 31.7 Å². The molecule has 1 aliphatic rings. The molecule has 1 aliphatic heterocycles. The Labute approximate surface area is 127 Å². The number of rotatable bonds is 4. The predicted octanol–water partition coefficient (Wildman–Crippen LogP) is 2.73. The van der Waals surface area contributed by atoms with Gasteiger partial charge < -0.3 is 15.4 Å². The first-order valence-electron chi connectivity index (χ1n) is 7.16. The van der Waals surface area contributed by atoms with Crippen molar-refractivity contribution in [1.82, 2.24) is 10.6 Å². The van der Waals surface area contributed by atoms with Gasteiger partial charge in [-0.2, -0.15) is 0 Å². The van der Waals surface area contributed by atoms with Crippen LogP contribution in [-0.2, 0) is 11.3 Å². The van der Waals surface area contributed by atoms with Crippen molar-refractivity contribution in [3.05, 3.63) is 29.8 Å². The maximum absolute atomic E-state index is 12.2. The molecule has 1 unspecified atom stereocenters. The van der Waals surface area contributed by atoms with Crippen LogP contribution in [0.5, 0.6) is 5.75 Å². The van der Waals surface area contributed by atoms with Gasteiger partial charge in [-0.15, -0.1) is 13.2 Å². The van der Waals surface area contributed by atoms with Gasteiger partial charge in [0.25, 0.3) is 0 Å². The SMILES string of the molecule is CC1(C(=O)NCc2ccc(OC(F)(F)F)cc2)CCCCN1. The summed E-state index contributed by atoms with van der Waals surface area (Å²) in [6.07, 6.45) is -1.86. The summed E-state index contributed by atoms with van der Waals surface area (Å²) in [4.78, 5) is 12.2. The molecule has 7 heteroatoms. The van der Waals surface area contributed by atoms with Crippen LogP contribution in [0.4, 0.5) is 13.2 Å². The maximum Gasteiger partial charge on any atom is 0.573 e. The van der Waals surface area contributed by atoms with Gasteiger partial charge in [-0.05, 0) is 50.4 Å². The molecule has 1 aromatic carbocycles. The molecule has 0 aliphatic carbocycles. The van der Waals surface area contributed by atoms with E-state index in [1.165, 1.54) is 24.3 Å². The Morgan fingerprint density at radius 2 is 2.00 bits per heavy atom. The van der Waals surface area contributed by atoms with Crippen LogP contribution in [0.3, 0.4) is 0 Å². The Kier molecular flexibility index (Phi) is 4.95. The largest absolute Gasteiger partial charge is 0.573 e. The third-order valence-corrected chi connectivity index (χ3v) is 3.73. The van der Waals surface area contributed by atoms with E-state index in [9.17, 15) is 18.0 Å². The minimum absolute atomic E-state index is 0.0946. The number of hydrogen-bond acceptors (Lipinski definition) is 3. The van der Waals surface area contributed by atoms with E-state index in [4.69, 9.17) is 0 Å². The van der Waals surface area contributed by atoms with E-state index < -0.39 is 11.9 Å². The van der Waals surface area contributed by atoms with Crippen LogP contribution >= 0.6 is 0 Å². The Morgan fingerprint density at radius 1 is 1.32 bits per heavy atom. The molecule has 1 heterocycles. The molecule has 1 amide bonds. The van der Waals surface area contributed by atoms with Gasteiger partial charge in [-0.3, -0.25) is 4.79 Å². The van der Waals surface area contributed by atoms with E-state index in [1.807, 2.05) is 6.92 Å². The summed E-state index contributed by atoms with van der Waals surface area (Å²) in [6, 6.07) is 5.46.